The Bertz CT molecular complexity index is 855. The Hall–Kier alpha value is -1.53. The van der Waals surface area contributed by atoms with Crippen molar-refractivity contribution in [2.24, 2.45) is 0 Å². The zero-order valence-corrected chi connectivity index (χ0v) is 17.2. The van der Waals surface area contributed by atoms with Crippen molar-refractivity contribution in [3.05, 3.63) is 47.2 Å². The number of ether oxygens (including phenoxy) is 1. The number of thioether (sulfide) groups is 1. The molecule has 2 aromatic heterocycles. The highest BCUT2D eigenvalue weighted by Gasteiger charge is 2.14. The van der Waals surface area contributed by atoms with Crippen LogP contribution in [0.2, 0.25) is 0 Å². The van der Waals surface area contributed by atoms with E-state index >= 15 is 0 Å². The highest BCUT2D eigenvalue weighted by Crippen LogP contribution is 2.29. The average Bonchev–Trinajstić information content (AvgIpc) is 3.00. The molecule has 0 unspecified atom stereocenters. The smallest absolute Gasteiger partial charge is 0.182 e. The third-order valence-corrected chi connectivity index (χ3v) is 5.38. The van der Waals surface area contributed by atoms with Gasteiger partial charge in [0.25, 0.3) is 0 Å². The zero-order chi connectivity index (χ0) is 17.8. The van der Waals surface area contributed by atoms with E-state index in [1.807, 2.05) is 28.5 Å². The van der Waals surface area contributed by atoms with E-state index in [9.17, 15) is 0 Å². The van der Waals surface area contributed by atoms with Gasteiger partial charge in [0.15, 0.2) is 11.5 Å². The molecule has 0 N–H and O–H groups in total. The lowest BCUT2D eigenvalue weighted by Gasteiger charge is -2.11. The molecule has 0 aliphatic heterocycles. The van der Waals surface area contributed by atoms with Crippen molar-refractivity contribution >= 4 is 33.3 Å². The van der Waals surface area contributed by atoms with Crippen LogP contribution in [-0.4, -0.2) is 33.2 Å². The molecule has 0 spiro atoms. The summed E-state index contributed by atoms with van der Waals surface area (Å²) in [4.78, 5) is 4.69. The van der Waals surface area contributed by atoms with Crippen molar-refractivity contribution in [3.8, 4) is 17.1 Å². The summed E-state index contributed by atoms with van der Waals surface area (Å²) in [6, 6.07) is 8.23. The van der Waals surface area contributed by atoms with E-state index in [0.717, 1.165) is 58.0 Å². The number of pyridine rings is 1. The summed E-state index contributed by atoms with van der Waals surface area (Å²) in [5.74, 6) is 2.80. The number of aryl methyl sites for hydroxylation is 2. The standard InChI is InChI=1S/C19H22BrN3OS/c1-13-9-16(24-7-4-8-25-3)10-14(2)18(13)19-21-17-6-5-15(11-20)12-23(17)22-19/h5-6,9-10,12H,4,7-8,11H2,1-3H3. The largest absolute Gasteiger partial charge is 0.494 e. The number of nitrogens with zero attached hydrogens (tertiary/aromatic N) is 3. The molecule has 0 saturated heterocycles. The van der Waals surface area contributed by atoms with E-state index in [0.29, 0.717) is 0 Å². The highest BCUT2D eigenvalue weighted by atomic mass is 79.9. The molecule has 0 bridgehead atoms. The first-order chi connectivity index (χ1) is 12.1. The topological polar surface area (TPSA) is 39.4 Å². The molecule has 0 fully saturated rings. The number of fused-ring (bicyclic) bond motifs is 1. The van der Waals surface area contributed by atoms with Crippen LogP contribution < -0.4 is 4.74 Å². The predicted molar refractivity (Wildman–Crippen MR) is 109 cm³/mol. The Morgan fingerprint density at radius 3 is 2.64 bits per heavy atom. The molecule has 0 atom stereocenters. The Morgan fingerprint density at radius 1 is 1.20 bits per heavy atom. The van der Waals surface area contributed by atoms with E-state index in [2.05, 4.69) is 64.3 Å². The Balaban J connectivity index is 1.89. The quantitative estimate of drug-likeness (QED) is 0.397. The van der Waals surface area contributed by atoms with Crippen LogP contribution in [0.25, 0.3) is 17.0 Å². The molecule has 3 rings (SSSR count). The summed E-state index contributed by atoms with van der Waals surface area (Å²) < 4.78 is 7.73. The Morgan fingerprint density at radius 2 is 1.96 bits per heavy atom. The first-order valence-corrected chi connectivity index (χ1v) is 10.8. The molecule has 0 amide bonds. The first kappa shape index (κ1) is 18.3. The average molecular weight is 420 g/mol. The van der Waals surface area contributed by atoms with Crippen molar-refractivity contribution < 1.29 is 4.74 Å². The summed E-state index contributed by atoms with van der Waals surface area (Å²) in [7, 11) is 0. The van der Waals surface area contributed by atoms with E-state index in [-0.39, 0.29) is 0 Å². The molecule has 0 aliphatic carbocycles. The lowest BCUT2D eigenvalue weighted by Crippen LogP contribution is -2.00. The fourth-order valence-corrected chi connectivity index (χ4v) is 3.60. The van der Waals surface area contributed by atoms with Gasteiger partial charge >= 0.3 is 0 Å². The summed E-state index contributed by atoms with van der Waals surface area (Å²) in [6.07, 6.45) is 5.19. The number of rotatable bonds is 7. The van der Waals surface area contributed by atoms with Crippen molar-refractivity contribution in [2.75, 3.05) is 18.6 Å². The van der Waals surface area contributed by atoms with Gasteiger partial charge in [-0.25, -0.2) is 9.50 Å². The summed E-state index contributed by atoms with van der Waals surface area (Å²) in [5, 5.41) is 5.47. The molecule has 2 heterocycles. The van der Waals surface area contributed by atoms with Crippen LogP contribution in [0, 0.1) is 13.8 Å². The van der Waals surface area contributed by atoms with Gasteiger partial charge < -0.3 is 4.74 Å². The number of halogens is 1. The number of benzene rings is 1. The summed E-state index contributed by atoms with van der Waals surface area (Å²) in [6.45, 7) is 4.93. The van der Waals surface area contributed by atoms with Crippen LogP contribution in [0.4, 0.5) is 0 Å². The Kier molecular flexibility index (Phi) is 6.02. The highest BCUT2D eigenvalue weighted by molar-refractivity contribution is 9.08. The monoisotopic (exact) mass is 419 g/mol. The van der Waals surface area contributed by atoms with Gasteiger partial charge in [-0.15, -0.1) is 5.10 Å². The molecule has 6 heteroatoms. The summed E-state index contributed by atoms with van der Waals surface area (Å²) >= 11 is 5.33. The fraction of sp³-hybridized carbons (Fsp3) is 0.368. The van der Waals surface area contributed by atoms with Crippen LogP contribution in [-0.2, 0) is 5.33 Å². The van der Waals surface area contributed by atoms with Gasteiger partial charge in [0.1, 0.15) is 5.75 Å². The molecule has 0 aliphatic rings. The van der Waals surface area contributed by atoms with Crippen LogP contribution in [0.3, 0.4) is 0 Å². The van der Waals surface area contributed by atoms with Crippen LogP contribution in [0.1, 0.15) is 23.1 Å². The molecule has 0 radical (unpaired) electrons. The van der Waals surface area contributed by atoms with E-state index < -0.39 is 0 Å². The predicted octanol–water partition coefficient (Wildman–Crippen LogP) is 5.04. The van der Waals surface area contributed by atoms with Gasteiger partial charge in [0, 0.05) is 17.1 Å². The third kappa shape index (κ3) is 4.18. The van der Waals surface area contributed by atoms with Crippen molar-refractivity contribution in [3.63, 3.8) is 0 Å². The minimum Gasteiger partial charge on any atom is -0.494 e. The second-order valence-corrected chi connectivity index (χ2v) is 7.58. The maximum absolute atomic E-state index is 5.89. The van der Waals surface area contributed by atoms with Gasteiger partial charge in [0.05, 0.1) is 6.61 Å². The number of alkyl halides is 1. The van der Waals surface area contributed by atoms with Gasteiger partial charge in [0.2, 0.25) is 0 Å². The molecule has 4 nitrogen and oxygen atoms in total. The molecule has 3 aromatic rings. The van der Waals surface area contributed by atoms with Crippen molar-refractivity contribution in [2.45, 2.75) is 25.6 Å². The van der Waals surface area contributed by atoms with Crippen molar-refractivity contribution in [1.82, 2.24) is 14.6 Å². The van der Waals surface area contributed by atoms with E-state index in [1.54, 1.807) is 0 Å². The SMILES string of the molecule is CSCCCOc1cc(C)c(-c2nc3ccc(CBr)cn3n2)c(C)c1. The normalized spacial score (nSPS) is 11.2. The van der Waals surface area contributed by atoms with E-state index in [1.165, 1.54) is 5.56 Å². The summed E-state index contributed by atoms with van der Waals surface area (Å²) in [5.41, 5.74) is 5.39. The number of hydrogen-bond acceptors (Lipinski definition) is 4. The lowest BCUT2D eigenvalue weighted by molar-refractivity contribution is 0.318. The second kappa shape index (κ2) is 8.23. The minimum atomic E-state index is 0.751. The van der Waals surface area contributed by atoms with Crippen LogP contribution >= 0.6 is 27.7 Å². The number of hydrogen-bond donors (Lipinski definition) is 0. The number of aromatic nitrogens is 3. The molecule has 132 valence electrons. The van der Waals surface area contributed by atoms with Crippen LogP contribution in [0.5, 0.6) is 5.75 Å². The lowest BCUT2D eigenvalue weighted by atomic mass is 10.0. The van der Waals surface area contributed by atoms with Gasteiger partial charge in [-0.2, -0.15) is 11.8 Å². The molecule has 25 heavy (non-hydrogen) atoms. The van der Waals surface area contributed by atoms with Gasteiger partial charge in [-0.1, -0.05) is 22.0 Å². The first-order valence-electron chi connectivity index (χ1n) is 8.27. The maximum atomic E-state index is 5.89. The molecule has 1 aromatic carbocycles. The zero-order valence-electron chi connectivity index (χ0n) is 14.8. The maximum Gasteiger partial charge on any atom is 0.182 e. The Labute approximate surface area is 161 Å². The molecular formula is C19H22BrN3OS. The van der Waals surface area contributed by atoms with Gasteiger partial charge in [-0.05, 0) is 67.2 Å². The van der Waals surface area contributed by atoms with Crippen LogP contribution in [0.15, 0.2) is 30.5 Å². The second-order valence-electron chi connectivity index (χ2n) is 6.04. The molecule has 0 saturated carbocycles. The third-order valence-electron chi connectivity index (χ3n) is 4.04. The van der Waals surface area contributed by atoms with E-state index in [4.69, 9.17) is 4.74 Å². The van der Waals surface area contributed by atoms with Gasteiger partial charge in [-0.3, -0.25) is 0 Å². The van der Waals surface area contributed by atoms with Crippen molar-refractivity contribution in [1.29, 1.82) is 0 Å². The fourth-order valence-electron chi connectivity index (χ4n) is 2.86. The molecular weight excluding hydrogens is 398 g/mol. The minimum absolute atomic E-state index is 0.751.